The number of hydrogen-bond acceptors (Lipinski definition) is 3. The molecule has 0 unspecified atom stereocenters. The lowest BCUT2D eigenvalue weighted by Gasteiger charge is -2.21. The lowest BCUT2D eigenvalue weighted by Crippen LogP contribution is -2.21. The van der Waals surface area contributed by atoms with Gasteiger partial charge in [0.1, 0.15) is 5.82 Å². The van der Waals surface area contributed by atoms with E-state index in [-0.39, 0.29) is 0 Å². The van der Waals surface area contributed by atoms with E-state index in [9.17, 15) is 0 Å². The van der Waals surface area contributed by atoms with Crippen LogP contribution in [0.4, 0.5) is 5.82 Å². The Kier molecular flexibility index (Phi) is 3.38. The fourth-order valence-corrected chi connectivity index (χ4v) is 2.92. The number of nitrogens with zero attached hydrogens (tertiary/aromatic N) is 2. The van der Waals surface area contributed by atoms with Crippen LogP contribution in [0.1, 0.15) is 24.0 Å². The van der Waals surface area contributed by atoms with E-state index >= 15 is 0 Å². The van der Waals surface area contributed by atoms with Gasteiger partial charge >= 0.3 is 0 Å². The van der Waals surface area contributed by atoms with Crippen LogP contribution in [0.2, 0.25) is 0 Å². The number of para-hydroxylation sites is 1. The summed E-state index contributed by atoms with van der Waals surface area (Å²) in [4.78, 5) is 7.36. The molecule has 0 radical (unpaired) electrons. The van der Waals surface area contributed by atoms with Crippen LogP contribution in [0.25, 0.3) is 10.9 Å². The molecule has 1 aliphatic rings. The van der Waals surface area contributed by atoms with E-state index in [0.29, 0.717) is 6.54 Å². The first-order valence-corrected chi connectivity index (χ1v) is 7.14. The monoisotopic (exact) mass is 255 g/mol. The molecule has 3 heteroatoms. The Morgan fingerprint density at radius 1 is 1.26 bits per heavy atom. The van der Waals surface area contributed by atoms with Crippen LogP contribution in [0, 0.1) is 6.92 Å². The molecule has 0 saturated carbocycles. The molecule has 0 spiro atoms. The SMILES string of the molecule is Cc1cccc2cc(CCN)c(N3CCCC3)nc12. The third-order valence-electron chi connectivity index (χ3n) is 3.92. The largest absolute Gasteiger partial charge is 0.356 e. The Labute approximate surface area is 114 Å². The van der Waals surface area contributed by atoms with E-state index in [1.807, 2.05) is 0 Å². The number of aryl methyl sites for hydroxylation is 1. The Morgan fingerprint density at radius 2 is 2.05 bits per heavy atom. The standard InChI is InChI=1S/C16H21N3/c1-12-5-4-6-13-11-14(7-8-17)16(18-15(12)13)19-9-2-3-10-19/h4-6,11H,2-3,7-10,17H2,1H3. The summed E-state index contributed by atoms with van der Waals surface area (Å²) in [6.45, 7) is 5.06. The van der Waals surface area contributed by atoms with Gasteiger partial charge in [0.25, 0.3) is 0 Å². The Bertz CT molecular complexity index is 586. The molecular formula is C16H21N3. The number of fused-ring (bicyclic) bond motifs is 1. The number of hydrogen-bond donors (Lipinski definition) is 1. The van der Waals surface area contributed by atoms with Gasteiger partial charge in [0.2, 0.25) is 0 Å². The number of nitrogens with two attached hydrogens (primary N) is 1. The lowest BCUT2D eigenvalue weighted by atomic mass is 10.1. The van der Waals surface area contributed by atoms with E-state index in [0.717, 1.165) is 30.8 Å². The van der Waals surface area contributed by atoms with Crippen LogP contribution in [-0.2, 0) is 6.42 Å². The van der Waals surface area contributed by atoms with Gasteiger partial charge in [-0.2, -0.15) is 0 Å². The van der Waals surface area contributed by atoms with Crippen molar-refractivity contribution in [3.05, 3.63) is 35.4 Å². The molecule has 1 fully saturated rings. The van der Waals surface area contributed by atoms with Crippen LogP contribution < -0.4 is 10.6 Å². The summed E-state index contributed by atoms with van der Waals surface area (Å²) in [6.07, 6.45) is 3.45. The van der Waals surface area contributed by atoms with Crippen molar-refractivity contribution in [2.24, 2.45) is 5.73 Å². The third kappa shape index (κ3) is 2.30. The van der Waals surface area contributed by atoms with Crippen LogP contribution in [0.5, 0.6) is 0 Å². The van der Waals surface area contributed by atoms with Crippen molar-refractivity contribution >= 4 is 16.7 Å². The molecule has 2 N–H and O–H groups in total. The Balaban J connectivity index is 2.15. The molecule has 2 aromatic rings. The molecule has 1 aliphatic heterocycles. The summed E-state index contributed by atoms with van der Waals surface area (Å²) in [7, 11) is 0. The van der Waals surface area contributed by atoms with Gasteiger partial charge in [-0.15, -0.1) is 0 Å². The maximum absolute atomic E-state index is 5.76. The fourth-order valence-electron chi connectivity index (χ4n) is 2.92. The third-order valence-corrected chi connectivity index (χ3v) is 3.92. The predicted molar refractivity (Wildman–Crippen MR) is 80.7 cm³/mol. The molecule has 1 aromatic heterocycles. The minimum absolute atomic E-state index is 0.680. The van der Waals surface area contributed by atoms with Crippen molar-refractivity contribution in [2.75, 3.05) is 24.5 Å². The van der Waals surface area contributed by atoms with E-state index in [2.05, 4.69) is 36.1 Å². The van der Waals surface area contributed by atoms with Crippen LogP contribution >= 0.6 is 0 Å². The minimum Gasteiger partial charge on any atom is -0.356 e. The summed E-state index contributed by atoms with van der Waals surface area (Å²) in [6, 6.07) is 8.64. The molecule has 19 heavy (non-hydrogen) atoms. The maximum Gasteiger partial charge on any atom is 0.132 e. The van der Waals surface area contributed by atoms with Gasteiger partial charge in [0.15, 0.2) is 0 Å². The van der Waals surface area contributed by atoms with Crippen molar-refractivity contribution in [3.8, 4) is 0 Å². The van der Waals surface area contributed by atoms with Gasteiger partial charge in [-0.05, 0) is 49.9 Å². The molecule has 0 atom stereocenters. The molecule has 3 rings (SSSR count). The number of benzene rings is 1. The second-order valence-corrected chi connectivity index (χ2v) is 5.35. The zero-order valence-corrected chi connectivity index (χ0v) is 11.5. The van der Waals surface area contributed by atoms with E-state index in [4.69, 9.17) is 10.7 Å². The molecular weight excluding hydrogens is 234 g/mol. The smallest absolute Gasteiger partial charge is 0.132 e. The molecule has 100 valence electrons. The topological polar surface area (TPSA) is 42.1 Å². The lowest BCUT2D eigenvalue weighted by molar-refractivity contribution is 0.897. The fraction of sp³-hybridized carbons (Fsp3) is 0.438. The van der Waals surface area contributed by atoms with Crippen LogP contribution in [0.15, 0.2) is 24.3 Å². The highest BCUT2D eigenvalue weighted by Gasteiger charge is 2.18. The van der Waals surface area contributed by atoms with Crippen molar-refractivity contribution in [1.29, 1.82) is 0 Å². The highest BCUT2D eigenvalue weighted by Crippen LogP contribution is 2.28. The van der Waals surface area contributed by atoms with Gasteiger partial charge in [-0.3, -0.25) is 0 Å². The summed E-state index contributed by atoms with van der Waals surface area (Å²) in [5.74, 6) is 1.16. The van der Waals surface area contributed by atoms with Crippen molar-refractivity contribution in [3.63, 3.8) is 0 Å². The molecule has 0 amide bonds. The van der Waals surface area contributed by atoms with Crippen molar-refractivity contribution < 1.29 is 0 Å². The number of aromatic nitrogens is 1. The average Bonchev–Trinajstić information content (AvgIpc) is 2.93. The molecule has 3 nitrogen and oxygen atoms in total. The van der Waals surface area contributed by atoms with E-state index < -0.39 is 0 Å². The quantitative estimate of drug-likeness (QED) is 0.916. The number of anilines is 1. The first-order valence-electron chi connectivity index (χ1n) is 7.14. The zero-order chi connectivity index (χ0) is 13.2. The molecule has 0 aliphatic carbocycles. The molecule has 1 aromatic carbocycles. The van der Waals surface area contributed by atoms with Gasteiger partial charge in [-0.25, -0.2) is 4.98 Å². The second kappa shape index (κ2) is 5.17. The average molecular weight is 255 g/mol. The first kappa shape index (κ1) is 12.4. The van der Waals surface area contributed by atoms with Gasteiger partial charge < -0.3 is 10.6 Å². The zero-order valence-electron chi connectivity index (χ0n) is 11.5. The minimum atomic E-state index is 0.680. The summed E-state index contributed by atoms with van der Waals surface area (Å²) in [5, 5.41) is 1.23. The van der Waals surface area contributed by atoms with E-state index in [1.165, 1.54) is 29.4 Å². The summed E-state index contributed by atoms with van der Waals surface area (Å²) >= 11 is 0. The first-order chi connectivity index (χ1) is 9.29. The molecule has 2 heterocycles. The van der Waals surface area contributed by atoms with Crippen LogP contribution in [-0.4, -0.2) is 24.6 Å². The highest BCUT2D eigenvalue weighted by molar-refractivity contribution is 5.84. The van der Waals surface area contributed by atoms with E-state index in [1.54, 1.807) is 0 Å². The summed E-state index contributed by atoms with van der Waals surface area (Å²) < 4.78 is 0. The van der Waals surface area contributed by atoms with Gasteiger partial charge in [0, 0.05) is 18.5 Å². The summed E-state index contributed by atoms with van der Waals surface area (Å²) in [5.41, 5.74) is 9.43. The molecule has 1 saturated heterocycles. The number of pyridine rings is 1. The normalized spacial score (nSPS) is 15.4. The van der Waals surface area contributed by atoms with Gasteiger partial charge in [0.05, 0.1) is 5.52 Å². The van der Waals surface area contributed by atoms with Crippen molar-refractivity contribution in [1.82, 2.24) is 4.98 Å². The second-order valence-electron chi connectivity index (χ2n) is 5.35. The Morgan fingerprint density at radius 3 is 2.79 bits per heavy atom. The Hall–Kier alpha value is -1.61. The van der Waals surface area contributed by atoms with Gasteiger partial charge in [-0.1, -0.05) is 18.2 Å². The maximum atomic E-state index is 5.76. The predicted octanol–water partition coefficient (Wildman–Crippen LogP) is 2.64. The highest BCUT2D eigenvalue weighted by atomic mass is 15.2. The molecule has 0 bridgehead atoms. The van der Waals surface area contributed by atoms with Crippen LogP contribution in [0.3, 0.4) is 0 Å². The van der Waals surface area contributed by atoms with Crippen molar-refractivity contribution in [2.45, 2.75) is 26.2 Å². The number of rotatable bonds is 3.